The fraction of sp³-hybridized carbons (Fsp3) is 1.00. The van der Waals surface area contributed by atoms with Crippen molar-refractivity contribution in [3.05, 3.63) is 0 Å². The summed E-state index contributed by atoms with van der Waals surface area (Å²) in [5, 5.41) is 0. The van der Waals surface area contributed by atoms with E-state index in [-0.39, 0.29) is 14.9 Å². The summed E-state index contributed by atoms with van der Waals surface area (Å²) in [5.41, 5.74) is 0. The molecule has 0 aliphatic carbocycles. The number of piperazine rings is 1. The van der Waals surface area contributed by atoms with Crippen molar-refractivity contribution < 1.29 is 0 Å². The number of hydrogen-bond donors (Lipinski definition) is 0. The standard InChI is InChI=1S/C7H15N.C6H14N2.C3H9N.2CH4/c2*1-7-3-5-8(2)6-4-7;1-4(2)3;;/h7H,3-6H2,1-2H3;3-6H2,1-2H3;1-3H3;2*1H4. The lowest BCUT2D eigenvalue weighted by Gasteiger charge is -2.28. The van der Waals surface area contributed by atoms with Crippen molar-refractivity contribution in [2.75, 3.05) is 81.6 Å². The monoisotopic (exact) mass is 318 g/mol. The van der Waals surface area contributed by atoms with E-state index in [4.69, 9.17) is 0 Å². The minimum atomic E-state index is 0. The van der Waals surface area contributed by atoms with Gasteiger partial charge in [0.25, 0.3) is 0 Å². The Hall–Kier alpha value is -0.160. The number of piperidine rings is 1. The van der Waals surface area contributed by atoms with E-state index in [1.54, 1.807) is 0 Å². The molecule has 0 saturated carbocycles. The molecule has 2 aliphatic rings. The van der Waals surface area contributed by atoms with Gasteiger partial charge >= 0.3 is 0 Å². The van der Waals surface area contributed by atoms with Crippen LogP contribution in [-0.4, -0.2) is 101 Å². The lowest BCUT2D eigenvalue weighted by molar-refractivity contribution is 0.181. The normalized spacial score (nSPS) is 20.7. The van der Waals surface area contributed by atoms with Crippen LogP contribution < -0.4 is 0 Å². The highest BCUT2D eigenvalue weighted by atomic mass is 15.2. The SMILES string of the molecule is C.C.CC1CCN(C)CC1.CN(C)C.CN1CCN(C)CC1. The van der Waals surface area contributed by atoms with Gasteiger partial charge in [-0.3, -0.25) is 0 Å². The number of likely N-dealkylation sites (N-methyl/N-ethyl adjacent to an activating group) is 2. The summed E-state index contributed by atoms with van der Waals surface area (Å²) < 4.78 is 0. The van der Waals surface area contributed by atoms with Gasteiger partial charge in [0.05, 0.1) is 0 Å². The third-order valence-electron chi connectivity index (χ3n) is 3.73. The van der Waals surface area contributed by atoms with Gasteiger partial charge in [-0.05, 0) is 74.1 Å². The molecule has 0 aromatic rings. The zero-order valence-electron chi connectivity index (χ0n) is 15.0. The quantitative estimate of drug-likeness (QED) is 0.681. The van der Waals surface area contributed by atoms with Gasteiger partial charge in [-0.2, -0.15) is 0 Å². The fourth-order valence-corrected chi connectivity index (χ4v) is 2.04. The Labute approximate surface area is 142 Å². The van der Waals surface area contributed by atoms with Crippen molar-refractivity contribution >= 4 is 0 Å². The maximum Gasteiger partial charge on any atom is 0.0107 e. The van der Waals surface area contributed by atoms with Crippen LogP contribution in [0.2, 0.25) is 0 Å². The van der Waals surface area contributed by atoms with Crippen molar-refractivity contribution in [2.45, 2.75) is 34.6 Å². The smallest absolute Gasteiger partial charge is 0.0107 e. The van der Waals surface area contributed by atoms with Crippen molar-refractivity contribution in [3.8, 4) is 0 Å². The largest absolute Gasteiger partial charge is 0.312 e. The van der Waals surface area contributed by atoms with Crippen molar-refractivity contribution in [1.82, 2.24) is 19.6 Å². The van der Waals surface area contributed by atoms with Gasteiger partial charge in [-0.15, -0.1) is 0 Å². The Balaban J connectivity index is -0.000000249. The minimum absolute atomic E-state index is 0. The molecule has 2 heterocycles. The molecule has 0 amide bonds. The highest BCUT2D eigenvalue weighted by Crippen LogP contribution is 2.13. The van der Waals surface area contributed by atoms with E-state index in [1.807, 2.05) is 26.0 Å². The molecule has 2 fully saturated rings. The van der Waals surface area contributed by atoms with E-state index in [1.165, 1.54) is 52.1 Å². The molecule has 4 nitrogen and oxygen atoms in total. The van der Waals surface area contributed by atoms with Crippen LogP contribution in [0.5, 0.6) is 0 Å². The number of nitrogens with zero attached hydrogens (tertiary/aromatic N) is 4. The second kappa shape index (κ2) is 15.7. The molecule has 0 bridgehead atoms. The van der Waals surface area contributed by atoms with E-state index in [9.17, 15) is 0 Å². The van der Waals surface area contributed by atoms with Gasteiger partial charge in [0.2, 0.25) is 0 Å². The Bertz CT molecular complexity index is 162. The lowest BCUT2D eigenvalue weighted by atomic mass is 10.00. The fourth-order valence-electron chi connectivity index (χ4n) is 2.04. The number of hydrogen-bond acceptors (Lipinski definition) is 4. The number of rotatable bonds is 0. The summed E-state index contributed by atoms with van der Waals surface area (Å²) >= 11 is 0. The van der Waals surface area contributed by atoms with Crippen molar-refractivity contribution in [1.29, 1.82) is 0 Å². The van der Waals surface area contributed by atoms with Gasteiger partial charge < -0.3 is 19.6 Å². The third-order valence-corrected chi connectivity index (χ3v) is 3.73. The first-order chi connectivity index (χ1) is 9.31. The molecule has 0 spiro atoms. The zero-order chi connectivity index (χ0) is 15.5. The van der Waals surface area contributed by atoms with Gasteiger partial charge in [0.15, 0.2) is 0 Å². The summed E-state index contributed by atoms with van der Waals surface area (Å²) in [6.45, 7) is 9.88. The number of likely N-dealkylation sites (tertiary alicyclic amines) is 1. The van der Waals surface area contributed by atoms with Crippen LogP contribution in [0, 0.1) is 5.92 Å². The molecule has 0 atom stereocenters. The zero-order valence-corrected chi connectivity index (χ0v) is 15.0. The van der Waals surface area contributed by atoms with Crippen molar-refractivity contribution in [2.24, 2.45) is 5.92 Å². The lowest BCUT2D eigenvalue weighted by Crippen LogP contribution is -2.42. The van der Waals surface area contributed by atoms with Gasteiger partial charge in [0.1, 0.15) is 0 Å². The van der Waals surface area contributed by atoms with Crippen LogP contribution in [0.3, 0.4) is 0 Å². The van der Waals surface area contributed by atoms with Crippen LogP contribution in [0.15, 0.2) is 0 Å². The molecular weight excluding hydrogens is 272 g/mol. The van der Waals surface area contributed by atoms with Crippen LogP contribution in [0.25, 0.3) is 0 Å². The second-order valence-electron chi connectivity index (χ2n) is 6.93. The molecule has 22 heavy (non-hydrogen) atoms. The maximum absolute atomic E-state index is 2.40. The molecular formula is C18H46N4. The Morgan fingerprint density at radius 3 is 1.09 bits per heavy atom. The first-order valence-electron chi connectivity index (χ1n) is 7.97. The van der Waals surface area contributed by atoms with Gasteiger partial charge in [-0.1, -0.05) is 21.8 Å². The molecule has 0 aromatic heterocycles. The third kappa shape index (κ3) is 17.9. The van der Waals surface area contributed by atoms with Crippen LogP contribution >= 0.6 is 0 Å². The summed E-state index contributed by atoms with van der Waals surface area (Å²) in [5.74, 6) is 0.978. The molecule has 2 rings (SSSR count). The summed E-state index contributed by atoms with van der Waals surface area (Å²) in [4.78, 5) is 9.12. The average molecular weight is 319 g/mol. The summed E-state index contributed by atoms with van der Waals surface area (Å²) in [6.07, 6.45) is 2.80. The predicted octanol–water partition coefficient (Wildman–Crippen LogP) is 2.66. The van der Waals surface area contributed by atoms with E-state index < -0.39 is 0 Å². The summed E-state index contributed by atoms with van der Waals surface area (Å²) in [7, 11) is 12.5. The Morgan fingerprint density at radius 2 is 0.864 bits per heavy atom. The van der Waals surface area contributed by atoms with E-state index >= 15 is 0 Å². The van der Waals surface area contributed by atoms with Gasteiger partial charge in [0, 0.05) is 26.2 Å². The summed E-state index contributed by atoms with van der Waals surface area (Å²) in [6, 6.07) is 0. The minimum Gasteiger partial charge on any atom is -0.312 e. The average Bonchev–Trinajstić information content (AvgIpc) is 2.37. The molecule has 2 saturated heterocycles. The second-order valence-corrected chi connectivity index (χ2v) is 6.93. The molecule has 4 heteroatoms. The van der Waals surface area contributed by atoms with Crippen LogP contribution in [-0.2, 0) is 0 Å². The van der Waals surface area contributed by atoms with Crippen molar-refractivity contribution in [3.63, 3.8) is 0 Å². The molecule has 0 N–H and O–H groups in total. The van der Waals surface area contributed by atoms with Gasteiger partial charge in [-0.25, -0.2) is 0 Å². The van der Waals surface area contributed by atoms with Crippen LogP contribution in [0.4, 0.5) is 0 Å². The molecule has 0 aromatic carbocycles. The Morgan fingerprint density at radius 1 is 0.636 bits per heavy atom. The van der Waals surface area contributed by atoms with E-state index in [2.05, 4.69) is 42.8 Å². The first-order valence-corrected chi connectivity index (χ1v) is 7.97. The predicted molar refractivity (Wildman–Crippen MR) is 104 cm³/mol. The molecule has 0 radical (unpaired) electrons. The van der Waals surface area contributed by atoms with Crippen LogP contribution in [0.1, 0.15) is 34.6 Å². The van der Waals surface area contributed by atoms with E-state index in [0.717, 1.165) is 5.92 Å². The van der Waals surface area contributed by atoms with E-state index in [0.29, 0.717) is 0 Å². The molecule has 2 aliphatic heterocycles. The first kappa shape index (κ1) is 26.7. The Kier molecular flexibility index (Phi) is 19.1. The highest BCUT2D eigenvalue weighted by molar-refractivity contribution is 4.65. The maximum atomic E-state index is 2.40. The highest BCUT2D eigenvalue weighted by Gasteiger charge is 2.10. The molecule has 0 unspecified atom stereocenters. The topological polar surface area (TPSA) is 13.0 Å². The molecule has 138 valence electrons.